The summed E-state index contributed by atoms with van der Waals surface area (Å²) in [7, 11) is 0. The molecule has 2 aliphatic rings. The molecule has 13 heavy (non-hydrogen) atoms. The third-order valence-corrected chi connectivity index (χ3v) is 2.61. The maximum atomic E-state index is 4.09. The Morgan fingerprint density at radius 3 is 3.31 bits per heavy atom. The number of nitrogens with zero attached hydrogens (tertiary/aromatic N) is 2. The highest BCUT2D eigenvalue weighted by molar-refractivity contribution is 9.11. The third kappa shape index (κ3) is 2.52. The van der Waals surface area contributed by atoms with Crippen LogP contribution in [0.15, 0.2) is 15.7 Å². The summed E-state index contributed by atoms with van der Waals surface area (Å²) in [6, 6.07) is 0.546. The van der Waals surface area contributed by atoms with Crippen molar-refractivity contribution in [3.63, 3.8) is 0 Å². The van der Waals surface area contributed by atoms with Crippen LogP contribution in [-0.4, -0.2) is 37.0 Å². The van der Waals surface area contributed by atoms with Crippen LogP contribution < -0.4 is 10.7 Å². The summed E-state index contributed by atoms with van der Waals surface area (Å²) in [6.07, 6.45) is 4.83. The molecule has 0 radical (unpaired) electrons. The minimum absolute atomic E-state index is 0.546. The summed E-state index contributed by atoms with van der Waals surface area (Å²) < 4.78 is 1.11. The molecule has 2 aliphatic heterocycles. The molecule has 72 valence electrons. The van der Waals surface area contributed by atoms with Crippen molar-refractivity contribution in [3.05, 3.63) is 10.7 Å². The van der Waals surface area contributed by atoms with Crippen LogP contribution in [0.25, 0.3) is 0 Å². The minimum atomic E-state index is 0.546. The predicted molar refractivity (Wildman–Crippen MR) is 56.6 cm³/mol. The number of hydrazine groups is 1. The minimum Gasteiger partial charge on any atom is -0.315 e. The second-order valence-corrected chi connectivity index (χ2v) is 4.31. The number of rotatable bonds is 2. The summed E-state index contributed by atoms with van der Waals surface area (Å²) in [6.45, 7) is 3.02. The Labute approximate surface area is 86.2 Å². The average molecular weight is 245 g/mol. The lowest BCUT2D eigenvalue weighted by molar-refractivity contribution is 0.294. The summed E-state index contributed by atoms with van der Waals surface area (Å²) in [5.74, 6) is 0. The molecule has 0 spiro atoms. The molecule has 0 amide bonds. The van der Waals surface area contributed by atoms with Crippen LogP contribution in [0.3, 0.4) is 0 Å². The van der Waals surface area contributed by atoms with Crippen molar-refractivity contribution in [2.75, 3.05) is 19.6 Å². The Hall–Kier alpha value is -0.390. The van der Waals surface area contributed by atoms with E-state index in [1.807, 2.05) is 17.5 Å². The quantitative estimate of drug-likeness (QED) is 0.741. The van der Waals surface area contributed by atoms with E-state index < -0.39 is 0 Å². The van der Waals surface area contributed by atoms with Crippen LogP contribution >= 0.6 is 15.9 Å². The lowest BCUT2D eigenvalue weighted by Crippen LogP contribution is -2.46. The third-order valence-electron chi connectivity index (χ3n) is 2.15. The first-order valence-electron chi connectivity index (χ1n) is 4.46. The van der Waals surface area contributed by atoms with Crippen molar-refractivity contribution in [2.45, 2.75) is 12.5 Å². The average Bonchev–Trinajstić information content (AvgIpc) is 2.57. The summed E-state index contributed by atoms with van der Waals surface area (Å²) in [4.78, 5) is 4.09. The zero-order chi connectivity index (χ0) is 9.10. The van der Waals surface area contributed by atoms with E-state index in [4.69, 9.17) is 0 Å². The van der Waals surface area contributed by atoms with Gasteiger partial charge in [0.25, 0.3) is 0 Å². The molecule has 1 unspecified atom stereocenters. The van der Waals surface area contributed by atoms with Crippen molar-refractivity contribution in [1.29, 1.82) is 0 Å². The monoisotopic (exact) mass is 244 g/mol. The van der Waals surface area contributed by atoms with E-state index in [9.17, 15) is 0 Å². The first-order chi connectivity index (χ1) is 6.34. The van der Waals surface area contributed by atoms with E-state index in [2.05, 4.69) is 31.7 Å². The Balaban J connectivity index is 1.82. The molecule has 1 atom stereocenters. The highest BCUT2D eigenvalue weighted by Crippen LogP contribution is 2.10. The highest BCUT2D eigenvalue weighted by Gasteiger charge is 2.16. The lowest BCUT2D eigenvalue weighted by atomic mass is 10.3. The molecular weight excluding hydrogens is 232 g/mol. The van der Waals surface area contributed by atoms with E-state index >= 15 is 0 Å². The molecule has 2 heterocycles. The first-order valence-corrected chi connectivity index (χ1v) is 5.25. The van der Waals surface area contributed by atoms with Crippen LogP contribution in [0, 0.1) is 0 Å². The van der Waals surface area contributed by atoms with Crippen molar-refractivity contribution < 1.29 is 0 Å². The normalized spacial score (nSPS) is 27.9. The second kappa shape index (κ2) is 4.21. The van der Waals surface area contributed by atoms with Gasteiger partial charge < -0.3 is 5.32 Å². The summed E-state index contributed by atoms with van der Waals surface area (Å²) in [5, 5.41) is 5.33. The number of hydrogen-bond acceptors (Lipinski definition) is 4. The maximum Gasteiger partial charge on any atom is 0.105 e. The fourth-order valence-electron chi connectivity index (χ4n) is 1.52. The molecule has 1 saturated heterocycles. The van der Waals surface area contributed by atoms with Crippen molar-refractivity contribution in [2.24, 2.45) is 4.99 Å². The van der Waals surface area contributed by atoms with E-state index in [-0.39, 0.29) is 0 Å². The van der Waals surface area contributed by atoms with Crippen LogP contribution in [0.1, 0.15) is 6.42 Å². The van der Waals surface area contributed by atoms with Crippen LogP contribution in [0.4, 0.5) is 0 Å². The molecule has 0 saturated carbocycles. The largest absolute Gasteiger partial charge is 0.315 e. The van der Waals surface area contributed by atoms with E-state index in [1.54, 1.807) is 0 Å². The molecule has 0 aromatic heterocycles. The van der Waals surface area contributed by atoms with Gasteiger partial charge in [0.2, 0.25) is 0 Å². The second-order valence-electron chi connectivity index (χ2n) is 3.29. The van der Waals surface area contributed by atoms with Crippen molar-refractivity contribution in [3.8, 4) is 0 Å². The fraction of sp³-hybridized carbons (Fsp3) is 0.625. The number of nitrogens with one attached hydrogen (secondary N) is 2. The Morgan fingerprint density at radius 2 is 2.62 bits per heavy atom. The van der Waals surface area contributed by atoms with Gasteiger partial charge in [0, 0.05) is 23.3 Å². The molecule has 4 nitrogen and oxygen atoms in total. The fourth-order valence-corrected chi connectivity index (χ4v) is 1.91. The van der Waals surface area contributed by atoms with Gasteiger partial charge in [0.05, 0.1) is 6.54 Å². The highest BCUT2D eigenvalue weighted by atomic mass is 79.9. The van der Waals surface area contributed by atoms with E-state index in [0.29, 0.717) is 6.04 Å². The zero-order valence-corrected chi connectivity index (χ0v) is 8.92. The van der Waals surface area contributed by atoms with Gasteiger partial charge in [-0.2, -0.15) is 0 Å². The molecule has 0 aliphatic carbocycles. The molecule has 0 aromatic carbocycles. The molecular formula is C8H13BrN4. The Kier molecular flexibility index (Phi) is 2.97. The van der Waals surface area contributed by atoms with E-state index in [1.165, 1.54) is 6.42 Å². The number of hydrogen-bond donors (Lipinski definition) is 2. The number of aliphatic imine (C=N–C) groups is 1. The smallest absolute Gasteiger partial charge is 0.105 e. The van der Waals surface area contributed by atoms with Crippen molar-refractivity contribution >= 4 is 22.3 Å². The summed E-state index contributed by atoms with van der Waals surface area (Å²) >= 11 is 3.43. The van der Waals surface area contributed by atoms with Gasteiger partial charge in [-0.3, -0.25) is 5.01 Å². The maximum absolute atomic E-state index is 4.09. The predicted octanol–water partition coefficient (Wildman–Crippen LogP) is 0.433. The van der Waals surface area contributed by atoms with Crippen molar-refractivity contribution in [1.82, 2.24) is 15.8 Å². The Bertz CT molecular complexity index is 232. The molecule has 5 heteroatoms. The van der Waals surface area contributed by atoms with Gasteiger partial charge in [0.1, 0.15) is 6.34 Å². The van der Waals surface area contributed by atoms with Crippen LogP contribution in [-0.2, 0) is 0 Å². The Morgan fingerprint density at radius 1 is 1.69 bits per heavy atom. The molecule has 0 bridgehead atoms. The standard InChI is InChI=1S/C8H13BrN4/c9-7-3-11-6-13(5-7)12-8-1-2-10-4-8/h3,6,8,10,12H,1-2,4-5H2. The van der Waals surface area contributed by atoms with E-state index in [0.717, 1.165) is 24.1 Å². The van der Waals surface area contributed by atoms with Gasteiger partial charge in [-0.05, 0) is 13.0 Å². The topological polar surface area (TPSA) is 39.7 Å². The SMILES string of the molecule is BrC1=CN=CN(NC2CCNC2)C1. The van der Waals surface area contributed by atoms with Gasteiger partial charge in [-0.15, -0.1) is 0 Å². The zero-order valence-electron chi connectivity index (χ0n) is 7.33. The van der Waals surface area contributed by atoms with Gasteiger partial charge in [0.15, 0.2) is 0 Å². The molecule has 2 rings (SSSR count). The molecule has 0 aromatic rings. The lowest BCUT2D eigenvalue weighted by Gasteiger charge is -2.25. The number of halogens is 1. The molecule has 2 N–H and O–H groups in total. The van der Waals surface area contributed by atoms with Crippen LogP contribution in [0.2, 0.25) is 0 Å². The summed E-state index contributed by atoms with van der Waals surface area (Å²) in [5.41, 5.74) is 3.40. The van der Waals surface area contributed by atoms with Gasteiger partial charge >= 0.3 is 0 Å². The van der Waals surface area contributed by atoms with Gasteiger partial charge in [-0.25, -0.2) is 10.4 Å². The first kappa shape index (κ1) is 9.18. The van der Waals surface area contributed by atoms with Gasteiger partial charge in [-0.1, -0.05) is 15.9 Å². The molecule has 1 fully saturated rings. The van der Waals surface area contributed by atoms with Crippen LogP contribution in [0.5, 0.6) is 0 Å².